The minimum atomic E-state index is -0.705. The van der Waals surface area contributed by atoms with E-state index >= 15 is 0 Å². The van der Waals surface area contributed by atoms with Crippen LogP contribution in [0.1, 0.15) is 37.7 Å². The number of amides is 2. The fourth-order valence-electron chi connectivity index (χ4n) is 4.41. The van der Waals surface area contributed by atoms with Crippen LogP contribution < -0.4 is 11.1 Å². The van der Waals surface area contributed by atoms with Gasteiger partial charge in [0.25, 0.3) is 0 Å². The second kappa shape index (κ2) is 8.01. The first-order valence-electron chi connectivity index (χ1n) is 10.1. The van der Waals surface area contributed by atoms with Crippen LogP contribution in [-0.4, -0.2) is 17.9 Å². The molecule has 3 aromatic rings. The van der Waals surface area contributed by atoms with Gasteiger partial charge in [-0.15, -0.1) is 0 Å². The Balaban J connectivity index is 1.69. The number of carbonyl (C=O) groups is 2. The van der Waals surface area contributed by atoms with Crippen molar-refractivity contribution in [2.75, 3.05) is 0 Å². The van der Waals surface area contributed by atoms with Crippen molar-refractivity contribution in [3.63, 3.8) is 0 Å². The molecule has 0 aliphatic heterocycles. The van der Waals surface area contributed by atoms with Crippen molar-refractivity contribution in [3.05, 3.63) is 60.2 Å². The molecule has 4 nitrogen and oxygen atoms in total. The lowest BCUT2D eigenvalue weighted by Gasteiger charge is -2.24. The number of nitrogens with two attached hydrogens (primary N) is 1. The molecule has 1 fully saturated rings. The average Bonchev–Trinajstić information content (AvgIpc) is 2.73. The van der Waals surface area contributed by atoms with Crippen molar-refractivity contribution in [2.45, 2.75) is 44.6 Å². The highest BCUT2D eigenvalue weighted by Gasteiger charge is 2.26. The van der Waals surface area contributed by atoms with Gasteiger partial charge in [-0.05, 0) is 46.0 Å². The molecule has 3 aromatic carbocycles. The monoisotopic (exact) mass is 374 g/mol. The molecule has 4 rings (SSSR count). The van der Waals surface area contributed by atoms with Gasteiger partial charge < -0.3 is 11.1 Å². The summed E-state index contributed by atoms with van der Waals surface area (Å²) in [7, 11) is 0. The molecule has 0 heterocycles. The summed E-state index contributed by atoms with van der Waals surface area (Å²) >= 11 is 0. The quantitative estimate of drug-likeness (QED) is 0.660. The van der Waals surface area contributed by atoms with E-state index in [0.717, 1.165) is 52.8 Å². The predicted octanol–water partition coefficient (Wildman–Crippen LogP) is 4.09. The van der Waals surface area contributed by atoms with Crippen molar-refractivity contribution < 1.29 is 9.59 Å². The van der Waals surface area contributed by atoms with Gasteiger partial charge in [0.1, 0.15) is 6.04 Å². The van der Waals surface area contributed by atoms with Gasteiger partial charge in [0.05, 0.1) is 0 Å². The topological polar surface area (TPSA) is 72.2 Å². The van der Waals surface area contributed by atoms with Crippen LogP contribution in [0, 0.1) is 5.92 Å². The van der Waals surface area contributed by atoms with E-state index in [1.54, 1.807) is 0 Å². The molecule has 2 amide bonds. The lowest BCUT2D eigenvalue weighted by molar-refractivity contribution is -0.130. The second-order valence-electron chi connectivity index (χ2n) is 7.80. The molecule has 144 valence electrons. The molecule has 1 saturated carbocycles. The molecular weight excluding hydrogens is 348 g/mol. The molecule has 0 radical (unpaired) electrons. The molecule has 0 spiro atoms. The van der Waals surface area contributed by atoms with Crippen molar-refractivity contribution in [1.82, 2.24) is 5.32 Å². The van der Waals surface area contributed by atoms with Crippen LogP contribution in [0.5, 0.6) is 0 Å². The van der Waals surface area contributed by atoms with Crippen LogP contribution in [0.2, 0.25) is 0 Å². The number of benzene rings is 3. The number of rotatable bonds is 5. The molecular formula is C24H26N2O2. The minimum Gasteiger partial charge on any atom is -0.368 e. The Morgan fingerprint density at radius 2 is 1.50 bits per heavy atom. The number of hydrogen-bond donors (Lipinski definition) is 2. The summed E-state index contributed by atoms with van der Waals surface area (Å²) in [6.07, 6.45) is 5.53. The standard InChI is InChI=1S/C24H26N2O2/c25-23(27)22(26-24(28)16-8-2-1-3-9-16)15-21-19-12-6-4-10-17(19)14-18-11-5-7-13-20(18)21/h4-7,10-14,16,22H,1-3,8-9,15H2,(H2,25,27)(H,26,28)/t22-/m1/s1. The van der Waals surface area contributed by atoms with E-state index in [1.165, 1.54) is 6.42 Å². The molecule has 0 bridgehead atoms. The Kier molecular flexibility index (Phi) is 5.29. The first-order valence-corrected chi connectivity index (χ1v) is 10.1. The van der Waals surface area contributed by atoms with Crippen molar-refractivity contribution >= 4 is 33.4 Å². The number of hydrogen-bond acceptors (Lipinski definition) is 2. The smallest absolute Gasteiger partial charge is 0.240 e. The Labute approximate surface area is 165 Å². The fraction of sp³-hybridized carbons (Fsp3) is 0.333. The molecule has 0 unspecified atom stereocenters. The molecule has 1 aliphatic rings. The number of fused-ring (bicyclic) bond motifs is 2. The van der Waals surface area contributed by atoms with E-state index < -0.39 is 11.9 Å². The van der Waals surface area contributed by atoms with Gasteiger partial charge in [0, 0.05) is 12.3 Å². The second-order valence-corrected chi connectivity index (χ2v) is 7.80. The summed E-state index contributed by atoms with van der Waals surface area (Å²) in [5.41, 5.74) is 6.75. The highest BCUT2D eigenvalue weighted by Crippen LogP contribution is 2.30. The summed E-state index contributed by atoms with van der Waals surface area (Å²) < 4.78 is 0. The normalized spacial score (nSPS) is 16.1. The molecule has 1 aliphatic carbocycles. The van der Waals surface area contributed by atoms with Gasteiger partial charge in [-0.1, -0.05) is 67.8 Å². The number of carbonyl (C=O) groups excluding carboxylic acids is 2. The van der Waals surface area contributed by atoms with Crippen LogP contribution >= 0.6 is 0 Å². The first kappa shape index (κ1) is 18.5. The average molecular weight is 374 g/mol. The van der Waals surface area contributed by atoms with E-state index in [2.05, 4.69) is 35.6 Å². The maximum Gasteiger partial charge on any atom is 0.240 e. The SMILES string of the molecule is NC(=O)[C@@H](Cc1c2ccccc2cc2ccccc12)NC(=O)C1CCCCC1. The van der Waals surface area contributed by atoms with Crippen LogP contribution in [-0.2, 0) is 16.0 Å². The van der Waals surface area contributed by atoms with Crippen molar-refractivity contribution in [2.24, 2.45) is 11.7 Å². The Bertz CT molecular complexity index is 967. The van der Waals surface area contributed by atoms with Gasteiger partial charge in [-0.3, -0.25) is 9.59 Å². The predicted molar refractivity (Wildman–Crippen MR) is 113 cm³/mol. The number of primary amides is 1. The summed E-state index contributed by atoms with van der Waals surface area (Å²) in [5.74, 6) is -0.519. The largest absolute Gasteiger partial charge is 0.368 e. The van der Waals surface area contributed by atoms with E-state index in [9.17, 15) is 9.59 Å². The van der Waals surface area contributed by atoms with Crippen LogP contribution in [0.25, 0.3) is 21.5 Å². The van der Waals surface area contributed by atoms with E-state index in [1.807, 2.05) is 24.3 Å². The maximum atomic E-state index is 12.7. The third kappa shape index (κ3) is 3.72. The zero-order valence-corrected chi connectivity index (χ0v) is 16.0. The molecule has 3 N–H and O–H groups in total. The van der Waals surface area contributed by atoms with Crippen molar-refractivity contribution in [3.8, 4) is 0 Å². The van der Waals surface area contributed by atoms with E-state index in [4.69, 9.17) is 5.73 Å². The summed E-state index contributed by atoms with van der Waals surface area (Å²) in [4.78, 5) is 24.9. The fourth-order valence-corrected chi connectivity index (χ4v) is 4.41. The summed E-state index contributed by atoms with van der Waals surface area (Å²) in [6, 6.07) is 17.8. The summed E-state index contributed by atoms with van der Waals surface area (Å²) in [6.45, 7) is 0. The van der Waals surface area contributed by atoms with Gasteiger partial charge in [-0.25, -0.2) is 0 Å². The van der Waals surface area contributed by atoms with Crippen LogP contribution in [0.15, 0.2) is 54.6 Å². The van der Waals surface area contributed by atoms with Gasteiger partial charge in [0.15, 0.2) is 0 Å². The third-order valence-electron chi connectivity index (χ3n) is 5.93. The Morgan fingerprint density at radius 3 is 2.07 bits per heavy atom. The highest BCUT2D eigenvalue weighted by atomic mass is 16.2. The van der Waals surface area contributed by atoms with Gasteiger partial charge in [-0.2, -0.15) is 0 Å². The van der Waals surface area contributed by atoms with Gasteiger partial charge >= 0.3 is 0 Å². The van der Waals surface area contributed by atoms with E-state index in [0.29, 0.717) is 6.42 Å². The molecule has 28 heavy (non-hydrogen) atoms. The lowest BCUT2D eigenvalue weighted by atomic mass is 9.88. The number of nitrogens with one attached hydrogen (secondary N) is 1. The summed E-state index contributed by atoms with van der Waals surface area (Å²) in [5, 5.41) is 7.39. The highest BCUT2D eigenvalue weighted by molar-refractivity contribution is 6.03. The Hall–Kier alpha value is -2.88. The molecule has 4 heteroatoms. The third-order valence-corrected chi connectivity index (χ3v) is 5.93. The maximum absolute atomic E-state index is 12.7. The first-order chi connectivity index (χ1) is 13.6. The zero-order valence-electron chi connectivity index (χ0n) is 16.0. The van der Waals surface area contributed by atoms with Crippen LogP contribution in [0.4, 0.5) is 0 Å². The molecule has 1 atom stereocenters. The van der Waals surface area contributed by atoms with Crippen molar-refractivity contribution in [1.29, 1.82) is 0 Å². The molecule has 0 saturated heterocycles. The van der Waals surface area contributed by atoms with E-state index in [-0.39, 0.29) is 11.8 Å². The van der Waals surface area contributed by atoms with Gasteiger partial charge in [0.2, 0.25) is 11.8 Å². The lowest BCUT2D eigenvalue weighted by Crippen LogP contribution is -2.48. The molecule has 0 aromatic heterocycles. The van der Waals surface area contributed by atoms with Crippen LogP contribution in [0.3, 0.4) is 0 Å². The minimum absolute atomic E-state index is 0.000128. The zero-order chi connectivity index (χ0) is 19.5. The Morgan fingerprint density at radius 1 is 0.929 bits per heavy atom.